The van der Waals surface area contributed by atoms with Crippen LogP contribution in [0.1, 0.15) is 20.3 Å². The largest absolute Gasteiger partial charge is 0.367 e. The molecule has 0 bridgehead atoms. The topological polar surface area (TPSA) is 20.3 Å². The van der Waals surface area contributed by atoms with Gasteiger partial charge in [-0.1, -0.05) is 22.9 Å². The molecule has 1 heterocycles. The van der Waals surface area contributed by atoms with Crippen molar-refractivity contribution in [2.45, 2.75) is 26.3 Å². The van der Waals surface area contributed by atoms with Crippen molar-refractivity contribution in [1.82, 2.24) is 0 Å². The number of anilines is 1. The third kappa shape index (κ3) is 2.58. The summed E-state index contributed by atoms with van der Waals surface area (Å²) in [6.45, 7) is 4.95. The summed E-state index contributed by atoms with van der Waals surface area (Å²) in [7, 11) is 0. The van der Waals surface area contributed by atoms with E-state index in [2.05, 4.69) is 49.7 Å². The van der Waals surface area contributed by atoms with Gasteiger partial charge in [0, 0.05) is 33.9 Å². The molecule has 1 aromatic carbocycles. The molecule has 1 fully saturated rings. The summed E-state index contributed by atoms with van der Waals surface area (Å²) in [6.07, 6.45) is 0.647. The molecule has 0 N–H and O–H groups in total. The number of hydrogen-bond acceptors (Lipinski definition) is 2. The lowest BCUT2D eigenvalue weighted by atomic mass is 9.90. The van der Waals surface area contributed by atoms with Gasteiger partial charge in [0.2, 0.25) is 0 Å². The van der Waals surface area contributed by atoms with Gasteiger partial charge in [-0.05, 0) is 41.1 Å². The van der Waals surface area contributed by atoms with Crippen LogP contribution < -0.4 is 4.90 Å². The molecule has 2 unspecified atom stereocenters. The average Bonchev–Trinajstić information content (AvgIpc) is 2.28. The Labute approximate surface area is 119 Å². The molecule has 1 aliphatic heterocycles. The molecule has 17 heavy (non-hydrogen) atoms. The van der Waals surface area contributed by atoms with Crippen LogP contribution in [-0.2, 0) is 4.79 Å². The number of rotatable bonds is 1. The molecule has 0 saturated carbocycles. The molecule has 0 aromatic heterocycles. The Bertz CT molecular complexity index is 447. The SMILES string of the molecule is CC1C(=O)CCN(c2ccc(Br)cc2Br)C1C. The molecule has 2 nitrogen and oxygen atoms in total. The first-order valence-electron chi connectivity index (χ1n) is 5.75. The van der Waals surface area contributed by atoms with Crippen LogP contribution in [0.3, 0.4) is 0 Å². The molecular weight excluding hydrogens is 346 g/mol. The van der Waals surface area contributed by atoms with Crippen LogP contribution in [0.15, 0.2) is 27.1 Å². The number of Topliss-reactive ketones (excluding diaryl/α,β-unsaturated/α-hetero) is 1. The van der Waals surface area contributed by atoms with Crippen LogP contribution in [-0.4, -0.2) is 18.4 Å². The Hall–Kier alpha value is -0.350. The lowest BCUT2D eigenvalue weighted by Crippen LogP contribution is -2.47. The van der Waals surface area contributed by atoms with Crippen molar-refractivity contribution in [3.63, 3.8) is 0 Å². The van der Waals surface area contributed by atoms with E-state index in [0.717, 1.165) is 15.5 Å². The Morgan fingerprint density at radius 1 is 1.29 bits per heavy atom. The molecule has 1 aromatic rings. The van der Waals surface area contributed by atoms with Crippen LogP contribution in [0.4, 0.5) is 5.69 Å². The number of ketones is 1. The summed E-state index contributed by atoms with van der Waals surface area (Å²) in [6, 6.07) is 6.43. The normalized spacial score (nSPS) is 25.2. The lowest BCUT2D eigenvalue weighted by molar-refractivity contribution is -0.123. The van der Waals surface area contributed by atoms with E-state index in [-0.39, 0.29) is 12.0 Å². The van der Waals surface area contributed by atoms with Crippen molar-refractivity contribution in [1.29, 1.82) is 0 Å². The minimum Gasteiger partial charge on any atom is -0.367 e. The maximum Gasteiger partial charge on any atom is 0.139 e. The zero-order valence-corrected chi connectivity index (χ0v) is 13.1. The molecule has 2 atom stereocenters. The van der Waals surface area contributed by atoms with Gasteiger partial charge in [-0.15, -0.1) is 0 Å². The highest BCUT2D eigenvalue weighted by molar-refractivity contribution is 9.11. The Kier molecular flexibility index (Phi) is 3.93. The van der Waals surface area contributed by atoms with E-state index in [1.165, 1.54) is 5.69 Å². The number of nitrogens with zero attached hydrogens (tertiary/aromatic N) is 1. The van der Waals surface area contributed by atoms with Crippen molar-refractivity contribution in [2.24, 2.45) is 5.92 Å². The van der Waals surface area contributed by atoms with Crippen molar-refractivity contribution >= 4 is 43.3 Å². The summed E-state index contributed by atoms with van der Waals surface area (Å²) in [5.74, 6) is 0.487. The van der Waals surface area contributed by atoms with Gasteiger partial charge < -0.3 is 4.90 Å². The quantitative estimate of drug-likeness (QED) is 0.753. The maximum absolute atomic E-state index is 11.7. The van der Waals surface area contributed by atoms with Crippen molar-refractivity contribution in [3.8, 4) is 0 Å². The number of halogens is 2. The molecule has 0 spiro atoms. The second-order valence-corrected chi connectivity index (χ2v) is 6.30. The molecule has 4 heteroatoms. The van der Waals surface area contributed by atoms with Crippen LogP contribution >= 0.6 is 31.9 Å². The summed E-state index contributed by atoms with van der Waals surface area (Å²) < 4.78 is 2.13. The minimum atomic E-state index is 0.110. The summed E-state index contributed by atoms with van der Waals surface area (Å²) in [5.41, 5.74) is 1.17. The fourth-order valence-electron chi connectivity index (χ4n) is 2.25. The zero-order valence-electron chi connectivity index (χ0n) is 9.91. The van der Waals surface area contributed by atoms with E-state index >= 15 is 0 Å². The summed E-state index contributed by atoms with van der Waals surface area (Å²) in [5, 5.41) is 0. The third-order valence-corrected chi connectivity index (χ3v) is 4.67. The van der Waals surface area contributed by atoms with E-state index in [4.69, 9.17) is 0 Å². The molecule has 1 saturated heterocycles. The van der Waals surface area contributed by atoms with Gasteiger partial charge in [0.15, 0.2) is 0 Å². The smallest absolute Gasteiger partial charge is 0.139 e. The highest BCUT2D eigenvalue weighted by Gasteiger charge is 2.31. The molecule has 92 valence electrons. The first-order chi connectivity index (χ1) is 8.00. The molecule has 0 aliphatic carbocycles. The lowest BCUT2D eigenvalue weighted by Gasteiger charge is -2.39. The minimum absolute atomic E-state index is 0.110. The molecule has 2 rings (SSSR count). The van der Waals surface area contributed by atoms with E-state index in [1.807, 2.05) is 19.1 Å². The van der Waals surface area contributed by atoms with Gasteiger partial charge in [0.1, 0.15) is 5.78 Å². The number of hydrogen-bond donors (Lipinski definition) is 0. The second kappa shape index (κ2) is 5.11. The van der Waals surface area contributed by atoms with Gasteiger partial charge in [-0.3, -0.25) is 4.79 Å². The van der Waals surface area contributed by atoms with Crippen LogP contribution in [0.2, 0.25) is 0 Å². The average molecular weight is 361 g/mol. The van der Waals surface area contributed by atoms with Gasteiger partial charge in [-0.25, -0.2) is 0 Å². The highest BCUT2D eigenvalue weighted by atomic mass is 79.9. The Morgan fingerprint density at radius 3 is 2.65 bits per heavy atom. The fraction of sp³-hybridized carbons (Fsp3) is 0.462. The Balaban J connectivity index is 2.31. The van der Waals surface area contributed by atoms with Gasteiger partial charge in [-0.2, -0.15) is 0 Å². The standard InChI is InChI=1S/C13H15Br2NO/c1-8-9(2)16(6-5-13(8)17)12-4-3-10(14)7-11(12)15/h3-4,7-9H,5-6H2,1-2H3. The summed E-state index contributed by atoms with van der Waals surface area (Å²) in [4.78, 5) is 14.0. The van der Waals surface area contributed by atoms with Crippen LogP contribution in [0, 0.1) is 5.92 Å². The monoisotopic (exact) mass is 359 g/mol. The first-order valence-corrected chi connectivity index (χ1v) is 7.33. The first kappa shape index (κ1) is 13.1. The second-order valence-electron chi connectivity index (χ2n) is 4.53. The van der Waals surface area contributed by atoms with Crippen LogP contribution in [0.25, 0.3) is 0 Å². The van der Waals surface area contributed by atoms with Crippen LogP contribution in [0.5, 0.6) is 0 Å². The van der Waals surface area contributed by atoms with Gasteiger partial charge in [0.25, 0.3) is 0 Å². The van der Waals surface area contributed by atoms with Crippen molar-refractivity contribution in [2.75, 3.05) is 11.4 Å². The number of piperidine rings is 1. The number of carbonyl (C=O) groups is 1. The van der Waals surface area contributed by atoms with E-state index < -0.39 is 0 Å². The predicted molar refractivity (Wildman–Crippen MR) is 77.4 cm³/mol. The van der Waals surface area contributed by atoms with E-state index in [0.29, 0.717) is 12.2 Å². The zero-order chi connectivity index (χ0) is 12.6. The third-order valence-electron chi connectivity index (χ3n) is 3.54. The van der Waals surface area contributed by atoms with Crippen molar-refractivity contribution in [3.05, 3.63) is 27.1 Å². The number of carbonyl (C=O) groups excluding carboxylic acids is 1. The van der Waals surface area contributed by atoms with E-state index in [1.54, 1.807) is 0 Å². The van der Waals surface area contributed by atoms with Crippen molar-refractivity contribution < 1.29 is 4.79 Å². The molecule has 0 amide bonds. The van der Waals surface area contributed by atoms with E-state index in [9.17, 15) is 4.79 Å². The molecule has 1 aliphatic rings. The summed E-state index contributed by atoms with van der Waals surface area (Å²) >= 11 is 7.04. The highest BCUT2D eigenvalue weighted by Crippen LogP contribution is 2.34. The Morgan fingerprint density at radius 2 is 2.00 bits per heavy atom. The fourth-order valence-corrected chi connectivity index (χ4v) is 3.53. The molecular formula is C13H15Br2NO. The van der Waals surface area contributed by atoms with Gasteiger partial charge >= 0.3 is 0 Å². The number of benzene rings is 1. The predicted octanol–water partition coefficient (Wildman–Crippen LogP) is 4.02. The molecule has 0 radical (unpaired) electrons. The maximum atomic E-state index is 11.7. The van der Waals surface area contributed by atoms with Gasteiger partial charge in [0.05, 0.1) is 5.69 Å².